The Morgan fingerprint density at radius 3 is 2.36 bits per heavy atom. The van der Waals surface area contributed by atoms with E-state index in [0.29, 0.717) is 42.9 Å². The molecule has 0 aliphatic carbocycles. The molecule has 0 bridgehead atoms. The maximum Gasteiger partial charge on any atom is 0.333 e. The van der Waals surface area contributed by atoms with Crippen molar-refractivity contribution >= 4 is 17.1 Å². The lowest BCUT2D eigenvalue weighted by atomic mass is 9.98. The molecule has 0 spiro atoms. The maximum atomic E-state index is 13.8. The van der Waals surface area contributed by atoms with Crippen molar-refractivity contribution < 1.29 is 9.53 Å². The fourth-order valence-electron chi connectivity index (χ4n) is 5.18. The van der Waals surface area contributed by atoms with Gasteiger partial charge in [-0.25, -0.2) is 19.4 Å². The van der Waals surface area contributed by atoms with Gasteiger partial charge in [0.25, 0.3) is 5.56 Å². The van der Waals surface area contributed by atoms with Gasteiger partial charge in [-0.1, -0.05) is 75.2 Å². The smallest absolute Gasteiger partial charge is 0.333 e. The number of H-pyrrole nitrogens is 1. The highest BCUT2D eigenvalue weighted by atomic mass is 16.5. The van der Waals surface area contributed by atoms with Gasteiger partial charge in [-0.05, 0) is 40.0 Å². The highest BCUT2D eigenvalue weighted by molar-refractivity contribution is 5.80. The molecule has 12 nitrogen and oxygen atoms in total. The Morgan fingerprint density at radius 2 is 1.69 bits per heavy atom. The zero-order chi connectivity index (χ0) is 29.6. The van der Waals surface area contributed by atoms with Gasteiger partial charge in [0.05, 0.1) is 7.11 Å². The number of nitrogens with zero attached hydrogens (tertiary/aromatic N) is 7. The molecule has 0 radical (unpaired) electrons. The van der Waals surface area contributed by atoms with E-state index in [1.54, 1.807) is 0 Å². The second-order valence-corrected chi connectivity index (χ2v) is 10.1. The number of aromatic nitrogens is 8. The number of benzene rings is 2. The van der Waals surface area contributed by atoms with Crippen LogP contribution in [-0.2, 0) is 35.6 Å². The van der Waals surface area contributed by atoms with E-state index in [0.717, 1.165) is 51.9 Å². The molecule has 0 saturated carbocycles. The number of esters is 1. The zero-order valence-electron chi connectivity index (χ0n) is 24.0. The van der Waals surface area contributed by atoms with Crippen molar-refractivity contribution in [3.05, 3.63) is 80.8 Å². The number of tetrazole rings is 1. The van der Waals surface area contributed by atoms with Crippen LogP contribution in [0.25, 0.3) is 33.7 Å². The first-order valence-corrected chi connectivity index (χ1v) is 14.2. The molecule has 0 fully saturated rings. The quantitative estimate of drug-likeness (QED) is 0.177. The number of imidazole rings is 1. The summed E-state index contributed by atoms with van der Waals surface area (Å²) >= 11 is 0. The van der Waals surface area contributed by atoms with E-state index in [1.165, 1.54) is 11.7 Å². The van der Waals surface area contributed by atoms with Crippen molar-refractivity contribution in [2.75, 3.05) is 7.11 Å². The predicted molar refractivity (Wildman–Crippen MR) is 158 cm³/mol. The van der Waals surface area contributed by atoms with E-state index < -0.39 is 23.8 Å². The van der Waals surface area contributed by atoms with Crippen molar-refractivity contribution in [2.45, 2.75) is 65.6 Å². The second-order valence-electron chi connectivity index (χ2n) is 10.1. The number of aromatic amines is 1. The van der Waals surface area contributed by atoms with Gasteiger partial charge < -0.3 is 9.30 Å². The SMILES string of the molecule is CCCCCc1nc2c(c(=O)n(CC(=O)OC)c(=O)n2CCC)n1Cc1ccc(-c2ccccc2-c2nnn[nH]2)cc1. The number of nitrogens with one attached hydrogen (secondary N) is 1. The van der Waals surface area contributed by atoms with Crippen molar-refractivity contribution in [3.8, 4) is 22.5 Å². The van der Waals surface area contributed by atoms with Gasteiger partial charge in [0.1, 0.15) is 12.4 Å². The van der Waals surface area contributed by atoms with Crippen LogP contribution >= 0.6 is 0 Å². The Kier molecular flexibility index (Phi) is 8.70. The predicted octanol–water partition coefficient (Wildman–Crippen LogP) is 3.57. The minimum atomic E-state index is -0.664. The van der Waals surface area contributed by atoms with Crippen LogP contribution in [0.5, 0.6) is 0 Å². The number of hydrogen-bond donors (Lipinski definition) is 1. The van der Waals surface area contributed by atoms with Crippen LogP contribution in [0, 0.1) is 0 Å². The molecule has 0 aliphatic rings. The van der Waals surface area contributed by atoms with Gasteiger partial charge >= 0.3 is 11.7 Å². The van der Waals surface area contributed by atoms with Gasteiger partial charge in [-0.3, -0.25) is 14.2 Å². The second kappa shape index (κ2) is 12.8. The fourth-order valence-corrected chi connectivity index (χ4v) is 5.18. The van der Waals surface area contributed by atoms with Crippen LogP contribution in [-0.4, -0.2) is 52.4 Å². The van der Waals surface area contributed by atoms with E-state index in [1.807, 2.05) is 60.0 Å². The molecule has 218 valence electrons. The van der Waals surface area contributed by atoms with Crippen molar-refractivity contribution in [1.82, 2.24) is 39.3 Å². The molecular formula is C30H34N8O4. The van der Waals surface area contributed by atoms with Crippen LogP contribution in [0.1, 0.15) is 50.9 Å². The average Bonchev–Trinajstić information content (AvgIpc) is 3.67. The van der Waals surface area contributed by atoms with Crippen LogP contribution < -0.4 is 11.2 Å². The third-order valence-corrected chi connectivity index (χ3v) is 7.29. The first-order chi connectivity index (χ1) is 20.5. The van der Waals surface area contributed by atoms with Crippen molar-refractivity contribution in [1.29, 1.82) is 0 Å². The summed E-state index contributed by atoms with van der Waals surface area (Å²) in [4.78, 5) is 44.1. The summed E-state index contributed by atoms with van der Waals surface area (Å²) in [6, 6.07) is 16.0. The van der Waals surface area contributed by atoms with Gasteiger partial charge in [-0.2, -0.15) is 0 Å². The van der Waals surface area contributed by atoms with Gasteiger partial charge in [0, 0.05) is 25.1 Å². The van der Waals surface area contributed by atoms with Crippen LogP contribution in [0.2, 0.25) is 0 Å². The molecule has 0 aliphatic heterocycles. The molecule has 2 aromatic carbocycles. The molecule has 5 aromatic rings. The van der Waals surface area contributed by atoms with Crippen LogP contribution in [0.4, 0.5) is 0 Å². The summed E-state index contributed by atoms with van der Waals surface area (Å²) in [7, 11) is 1.23. The number of rotatable bonds is 12. The normalized spacial score (nSPS) is 11.3. The lowest BCUT2D eigenvalue weighted by Crippen LogP contribution is -2.42. The van der Waals surface area contributed by atoms with Gasteiger partial charge in [-0.15, -0.1) is 5.10 Å². The summed E-state index contributed by atoms with van der Waals surface area (Å²) < 4.78 is 9.12. The van der Waals surface area contributed by atoms with Crippen molar-refractivity contribution in [3.63, 3.8) is 0 Å². The minimum Gasteiger partial charge on any atom is -0.468 e. The Bertz CT molecular complexity index is 1800. The molecule has 0 amide bonds. The molecule has 5 rings (SSSR count). The number of carbonyl (C=O) groups is 1. The Morgan fingerprint density at radius 1 is 0.929 bits per heavy atom. The van der Waals surface area contributed by atoms with Gasteiger partial charge in [0.15, 0.2) is 17.0 Å². The first kappa shape index (κ1) is 28.7. The lowest BCUT2D eigenvalue weighted by Gasteiger charge is -2.13. The number of methoxy groups -OCH3 is 1. The summed E-state index contributed by atoms with van der Waals surface area (Å²) in [5, 5.41) is 14.3. The molecular weight excluding hydrogens is 536 g/mol. The molecule has 0 atom stereocenters. The topological polar surface area (TPSA) is 143 Å². The first-order valence-electron chi connectivity index (χ1n) is 14.2. The van der Waals surface area contributed by atoms with Crippen LogP contribution in [0.15, 0.2) is 58.1 Å². The number of ether oxygens (including phenoxy) is 1. The summed E-state index contributed by atoms with van der Waals surface area (Å²) in [6.07, 6.45) is 4.29. The highest BCUT2D eigenvalue weighted by Crippen LogP contribution is 2.30. The van der Waals surface area contributed by atoms with Crippen molar-refractivity contribution in [2.24, 2.45) is 0 Å². The van der Waals surface area contributed by atoms with E-state index in [4.69, 9.17) is 9.72 Å². The molecule has 0 unspecified atom stereocenters. The summed E-state index contributed by atoms with van der Waals surface area (Å²) in [6.45, 7) is 4.37. The Labute approximate surface area is 242 Å². The van der Waals surface area contributed by atoms with E-state index in [9.17, 15) is 14.4 Å². The number of aryl methyl sites for hydroxylation is 2. The van der Waals surface area contributed by atoms with E-state index in [2.05, 4.69) is 27.5 Å². The standard InChI is InChI=1S/C30H34N8O4/c1-4-6-7-12-24-31-28-26(29(40)38(19-25(39)42-3)30(41)36(28)17-5-2)37(24)18-20-13-15-21(16-14-20)22-10-8-9-11-23(22)27-32-34-35-33-27/h8-11,13-16H,4-7,12,17-19H2,1-3H3,(H,32,33,34,35). The Balaban J connectivity index is 1.60. The largest absolute Gasteiger partial charge is 0.468 e. The average molecular weight is 571 g/mol. The number of carbonyl (C=O) groups excluding carboxylic acids is 1. The maximum absolute atomic E-state index is 13.8. The molecule has 3 heterocycles. The molecule has 0 saturated heterocycles. The minimum absolute atomic E-state index is 0.311. The molecule has 1 N–H and O–H groups in total. The number of fused-ring (bicyclic) bond motifs is 1. The third-order valence-electron chi connectivity index (χ3n) is 7.29. The zero-order valence-corrected chi connectivity index (χ0v) is 24.0. The van der Waals surface area contributed by atoms with E-state index in [-0.39, 0.29) is 0 Å². The summed E-state index contributed by atoms with van der Waals surface area (Å²) in [5.74, 6) is 0.656. The van der Waals surface area contributed by atoms with E-state index >= 15 is 0 Å². The molecule has 12 heteroatoms. The monoisotopic (exact) mass is 570 g/mol. The lowest BCUT2D eigenvalue weighted by molar-refractivity contribution is -0.141. The van der Waals surface area contributed by atoms with Gasteiger partial charge in [0.2, 0.25) is 0 Å². The summed E-state index contributed by atoms with van der Waals surface area (Å²) in [5.41, 5.74) is 3.36. The third kappa shape index (κ3) is 5.65. The number of hydrogen-bond acceptors (Lipinski definition) is 8. The Hall–Kier alpha value is -4.87. The fraction of sp³-hybridized carbons (Fsp3) is 0.367. The molecule has 3 aromatic heterocycles. The highest BCUT2D eigenvalue weighted by Gasteiger charge is 2.23. The molecule has 42 heavy (non-hydrogen) atoms. The number of unbranched alkanes of at least 4 members (excludes halogenated alkanes) is 2. The van der Waals surface area contributed by atoms with Crippen LogP contribution in [0.3, 0.4) is 0 Å².